The van der Waals surface area contributed by atoms with Crippen molar-refractivity contribution in [1.82, 2.24) is 0 Å². The van der Waals surface area contributed by atoms with Gasteiger partial charge >= 0.3 is 0 Å². The maximum Gasteiger partial charge on any atom is 0.125 e. The van der Waals surface area contributed by atoms with Gasteiger partial charge in [-0.25, -0.2) is 4.39 Å². The van der Waals surface area contributed by atoms with Crippen molar-refractivity contribution in [2.45, 2.75) is 0 Å². The molecule has 0 unspecified atom stereocenters. The lowest BCUT2D eigenvalue weighted by molar-refractivity contribution is 0.628. The van der Waals surface area contributed by atoms with Crippen molar-refractivity contribution in [3.05, 3.63) is 52.3 Å². The molecule has 0 saturated carbocycles. The van der Waals surface area contributed by atoms with Gasteiger partial charge in [-0.15, -0.1) is 0 Å². The van der Waals surface area contributed by atoms with Gasteiger partial charge in [-0.05, 0) is 52.3 Å². The average Bonchev–Trinajstić information content (AvgIpc) is 2.36. The zero-order valence-electron chi connectivity index (χ0n) is 9.24. The molecule has 2 rings (SSSR count). The number of hydrogen-bond acceptors (Lipinski definition) is 3. The Morgan fingerprint density at radius 2 is 2.00 bits per heavy atom. The molecular formula is C13H9BrFN3. The van der Waals surface area contributed by atoms with Crippen LogP contribution in [-0.4, -0.2) is 0 Å². The Balaban J connectivity index is 2.34. The van der Waals surface area contributed by atoms with E-state index in [9.17, 15) is 4.39 Å². The summed E-state index contributed by atoms with van der Waals surface area (Å²) in [6, 6.07) is 11.3. The largest absolute Gasteiger partial charge is 0.398 e. The lowest BCUT2D eigenvalue weighted by atomic mass is 10.1. The van der Waals surface area contributed by atoms with Gasteiger partial charge in [0.25, 0.3) is 0 Å². The molecular weight excluding hydrogens is 297 g/mol. The molecule has 0 aromatic heterocycles. The number of hydrogen-bond donors (Lipinski definition) is 2. The third kappa shape index (κ3) is 2.60. The summed E-state index contributed by atoms with van der Waals surface area (Å²) in [4.78, 5) is 0. The first kappa shape index (κ1) is 12.4. The summed E-state index contributed by atoms with van der Waals surface area (Å²) in [5, 5.41) is 11.9. The summed E-state index contributed by atoms with van der Waals surface area (Å²) in [7, 11) is 0. The number of nitrogen functional groups attached to an aromatic ring is 1. The third-order valence-corrected chi connectivity index (χ3v) is 3.07. The molecule has 0 aliphatic heterocycles. The summed E-state index contributed by atoms with van der Waals surface area (Å²) >= 11 is 3.32. The summed E-state index contributed by atoms with van der Waals surface area (Å²) in [5.41, 5.74) is 7.69. The number of nitriles is 1. The van der Waals surface area contributed by atoms with E-state index in [1.807, 2.05) is 6.07 Å². The Labute approximate surface area is 112 Å². The predicted molar refractivity (Wildman–Crippen MR) is 73.0 cm³/mol. The van der Waals surface area contributed by atoms with Crippen molar-refractivity contribution in [2.75, 3.05) is 11.1 Å². The number of nitrogens with zero attached hydrogens (tertiary/aromatic N) is 1. The summed E-state index contributed by atoms with van der Waals surface area (Å²) in [6.45, 7) is 0. The summed E-state index contributed by atoms with van der Waals surface area (Å²) in [6.07, 6.45) is 0. The van der Waals surface area contributed by atoms with Crippen molar-refractivity contribution in [3.63, 3.8) is 0 Å². The fourth-order valence-electron chi connectivity index (χ4n) is 1.48. The number of benzene rings is 2. The first-order chi connectivity index (χ1) is 8.60. The SMILES string of the molecule is N#Cc1cc(Nc2cc(F)ccc2Br)ccc1N. The van der Waals surface area contributed by atoms with E-state index in [2.05, 4.69) is 21.2 Å². The highest BCUT2D eigenvalue weighted by Gasteiger charge is 2.04. The van der Waals surface area contributed by atoms with E-state index in [0.29, 0.717) is 22.6 Å². The van der Waals surface area contributed by atoms with E-state index >= 15 is 0 Å². The van der Waals surface area contributed by atoms with Crippen molar-refractivity contribution < 1.29 is 4.39 Å². The predicted octanol–water partition coefficient (Wildman–Crippen LogP) is 3.79. The van der Waals surface area contributed by atoms with Crippen LogP contribution in [-0.2, 0) is 0 Å². The molecule has 0 radical (unpaired) electrons. The van der Waals surface area contributed by atoms with Crippen LogP contribution in [0.3, 0.4) is 0 Å². The van der Waals surface area contributed by atoms with Gasteiger partial charge in [-0.2, -0.15) is 5.26 Å². The normalized spacial score (nSPS) is 9.83. The Kier molecular flexibility index (Phi) is 3.49. The van der Waals surface area contributed by atoms with E-state index in [4.69, 9.17) is 11.0 Å². The number of anilines is 3. The molecule has 0 aliphatic rings. The highest BCUT2D eigenvalue weighted by atomic mass is 79.9. The van der Waals surface area contributed by atoms with Crippen molar-refractivity contribution in [2.24, 2.45) is 0 Å². The first-order valence-corrected chi connectivity index (χ1v) is 5.91. The Bertz CT molecular complexity index is 635. The van der Waals surface area contributed by atoms with Crippen LogP contribution in [0.5, 0.6) is 0 Å². The van der Waals surface area contributed by atoms with E-state index < -0.39 is 0 Å². The van der Waals surface area contributed by atoms with Gasteiger partial charge in [0.2, 0.25) is 0 Å². The van der Waals surface area contributed by atoms with Gasteiger partial charge < -0.3 is 11.1 Å². The van der Waals surface area contributed by atoms with E-state index in [1.54, 1.807) is 24.3 Å². The smallest absolute Gasteiger partial charge is 0.125 e. The van der Waals surface area contributed by atoms with Gasteiger partial charge in [0.15, 0.2) is 0 Å². The molecule has 18 heavy (non-hydrogen) atoms. The van der Waals surface area contributed by atoms with Crippen LogP contribution < -0.4 is 11.1 Å². The highest BCUT2D eigenvalue weighted by Crippen LogP contribution is 2.27. The molecule has 0 saturated heterocycles. The molecule has 5 heteroatoms. The molecule has 2 aromatic rings. The summed E-state index contributed by atoms with van der Waals surface area (Å²) in [5.74, 6) is -0.336. The molecule has 3 nitrogen and oxygen atoms in total. The van der Waals surface area contributed by atoms with Crippen LogP contribution in [0.2, 0.25) is 0 Å². The van der Waals surface area contributed by atoms with Crippen LogP contribution in [0, 0.1) is 17.1 Å². The molecule has 0 atom stereocenters. The first-order valence-electron chi connectivity index (χ1n) is 5.12. The molecule has 90 valence electrons. The maximum absolute atomic E-state index is 13.1. The monoisotopic (exact) mass is 305 g/mol. The molecule has 0 amide bonds. The Morgan fingerprint density at radius 1 is 1.22 bits per heavy atom. The average molecular weight is 306 g/mol. The molecule has 3 N–H and O–H groups in total. The molecule has 0 aliphatic carbocycles. The van der Waals surface area contributed by atoms with Crippen LogP contribution >= 0.6 is 15.9 Å². The fourth-order valence-corrected chi connectivity index (χ4v) is 1.83. The highest BCUT2D eigenvalue weighted by molar-refractivity contribution is 9.10. The van der Waals surface area contributed by atoms with Gasteiger partial charge in [-0.3, -0.25) is 0 Å². The lowest BCUT2D eigenvalue weighted by Crippen LogP contribution is -1.95. The molecule has 0 bridgehead atoms. The minimum absolute atomic E-state index is 0.336. The third-order valence-electron chi connectivity index (χ3n) is 2.38. The lowest BCUT2D eigenvalue weighted by Gasteiger charge is -2.09. The molecule has 0 fully saturated rings. The van der Waals surface area contributed by atoms with Crippen LogP contribution in [0.4, 0.5) is 21.5 Å². The number of nitrogens with two attached hydrogens (primary N) is 1. The van der Waals surface area contributed by atoms with Gasteiger partial charge in [0.1, 0.15) is 11.9 Å². The number of halogens is 2. The minimum atomic E-state index is -0.336. The molecule has 2 aromatic carbocycles. The van der Waals surface area contributed by atoms with Gasteiger partial charge in [0.05, 0.1) is 11.3 Å². The second kappa shape index (κ2) is 5.07. The fraction of sp³-hybridized carbons (Fsp3) is 0. The molecule has 0 heterocycles. The van der Waals surface area contributed by atoms with E-state index in [0.717, 1.165) is 4.47 Å². The number of nitrogens with one attached hydrogen (secondary N) is 1. The number of rotatable bonds is 2. The second-order valence-electron chi connectivity index (χ2n) is 3.66. The Hall–Kier alpha value is -2.06. The second-order valence-corrected chi connectivity index (χ2v) is 4.52. The van der Waals surface area contributed by atoms with Crippen LogP contribution in [0.15, 0.2) is 40.9 Å². The quantitative estimate of drug-likeness (QED) is 0.830. The van der Waals surface area contributed by atoms with Crippen LogP contribution in [0.1, 0.15) is 5.56 Å². The van der Waals surface area contributed by atoms with Gasteiger partial charge in [-0.1, -0.05) is 0 Å². The minimum Gasteiger partial charge on any atom is -0.398 e. The van der Waals surface area contributed by atoms with E-state index in [-0.39, 0.29) is 5.82 Å². The van der Waals surface area contributed by atoms with Crippen molar-refractivity contribution in [3.8, 4) is 6.07 Å². The summed E-state index contributed by atoms with van der Waals surface area (Å²) < 4.78 is 13.9. The van der Waals surface area contributed by atoms with Crippen molar-refractivity contribution >= 4 is 33.0 Å². The maximum atomic E-state index is 13.1. The van der Waals surface area contributed by atoms with Crippen LogP contribution in [0.25, 0.3) is 0 Å². The van der Waals surface area contributed by atoms with Crippen molar-refractivity contribution in [1.29, 1.82) is 5.26 Å². The zero-order valence-corrected chi connectivity index (χ0v) is 10.8. The standard InChI is InChI=1S/C13H9BrFN3/c14-11-3-1-9(15)6-13(11)18-10-2-4-12(17)8(5-10)7-16/h1-6,18H,17H2. The van der Waals surface area contributed by atoms with E-state index in [1.165, 1.54) is 12.1 Å². The van der Waals surface area contributed by atoms with Gasteiger partial charge in [0, 0.05) is 15.8 Å². The molecule has 0 spiro atoms. The zero-order chi connectivity index (χ0) is 13.1. The topological polar surface area (TPSA) is 61.8 Å². The Morgan fingerprint density at radius 3 is 2.72 bits per heavy atom.